The summed E-state index contributed by atoms with van der Waals surface area (Å²) in [5.74, 6) is 0.192. The minimum absolute atomic E-state index is 0. The van der Waals surface area contributed by atoms with Crippen molar-refractivity contribution in [3.05, 3.63) is 12.7 Å². The van der Waals surface area contributed by atoms with E-state index in [9.17, 15) is 19.5 Å². The van der Waals surface area contributed by atoms with Crippen molar-refractivity contribution in [2.45, 2.75) is 24.9 Å². The van der Waals surface area contributed by atoms with Crippen molar-refractivity contribution in [3.8, 4) is 0 Å². The molecule has 1 aliphatic rings. The average molecular weight is 375 g/mol. The van der Waals surface area contributed by atoms with Crippen molar-refractivity contribution < 1.29 is 87.8 Å². The summed E-state index contributed by atoms with van der Waals surface area (Å²) in [6.07, 6.45) is -0.0233. The third-order valence-corrected chi connectivity index (χ3v) is 3.85. The number of fused-ring (bicyclic) bond motifs is 1. The number of imidazole rings is 1. The predicted octanol–water partition coefficient (Wildman–Crippen LogP) is -8.09. The standard InChI is InChI=1S/C10H14N5O6P.2Na/c11-9-8-10(13-3-12-9)15(4-14-8)7-1-5(6(2-16)20-7)21-22(17,18)19;;/h3-7,16H,1-2H2,(H2,11,12,13)(H2,17,18,19);;/q;2*+1/p-2. The van der Waals surface area contributed by atoms with Gasteiger partial charge in [-0.05, 0) is 0 Å². The number of nitrogens with zero attached hydrogens (tertiary/aromatic N) is 4. The van der Waals surface area contributed by atoms with Gasteiger partial charge >= 0.3 is 59.1 Å². The molecule has 120 valence electrons. The van der Waals surface area contributed by atoms with E-state index in [4.69, 9.17) is 10.5 Å². The maximum atomic E-state index is 10.8. The summed E-state index contributed by atoms with van der Waals surface area (Å²) in [7, 11) is -5.19. The molecule has 3 rings (SSSR count). The molecule has 0 spiro atoms. The van der Waals surface area contributed by atoms with Crippen LogP contribution in [0.1, 0.15) is 12.6 Å². The number of nitrogens with two attached hydrogens (primary N) is 1. The molecule has 0 radical (unpaired) electrons. The molecule has 3 unspecified atom stereocenters. The second kappa shape index (κ2) is 8.85. The summed E-state index contributed by atoms with van der Waals surface area (Å²) in [6.45, 7) is -0.495. The van der Waals surface area contributed by atoms with E-state index in [0.717, 1.165) is 0 Å². The molecule has 2 aromatic heterocycles. The Hall–Kier alpha value is 0.380. The molecular weight excluding hydrogens is 363 g/mol. The number of anilines is 1. The Morgan fingerprint density at radius 3 is 2.75 bits per heavy atom. The molecule has 0 saturated carbocycles. The van der Waals surface area contributed by atoms with Crippen LogP contribution in [0.2, 0.25) is 0 Å². The normalized spacial score (nSPS) is 23.7. The number of ether oxygens (including phenoxy) is 1. The predicted molar refractivity (Wildman–Crippen MR) is 67.8 cm³/mol. The largest absolute Gasteiger partial charge is 1.00 e. The minimum atomic E-state index is -5.19. The number of nitrogen functional groups attached to an aromatic ring is 1. The number of rotatable bonds is 4. The number of aliphatic hydroxyl groups excluding tert-OH is 1. The third-order valence-electron chi connectivity index (χ3n) is 3.32. The van der Waals surface area contributed by atoms with Gasteiger partial charge in [-0.1, -0.05) is 0 Å². The Morgan fingerprint density at radius 2 is 2.12 bits per heavy atom. The van der Waals surface area contributed by atoms with E-state index in [1.54, 1.807) is 0 Å². The van der Waals surface area contributed by atoms with Gasteiger partial charge in [-0.15, -0.1) is 0 Å². The van der Waals surface area contributed by atoms with Gasteiger partial charge in [0.1, 0.15) is 24.2 Å². The van der Waals surface area contributed by atoms with E-state index < -0.39 is 32.9 Å². The summed E-state index contributed by atoms with van der Waals surface area (Å²) in [4.78, 5) is 33.4. The molecule has 0 aromatic carbocycles. The smallest absolute Gasteiger partial charge is 0.790 e. The van der Waals surface area contributed by atoms with E-state index in [0.29, 0.717) is 11.2 Å². The molecule has 1 aliphatic heterocycles. The fourth-order valence-electron chi connectivity index (χ4n) is 2.39. The first-order valence-electron chi connectivity index (χ1n) is 6.29. The summed E-state index contributed by atoms with van der Waals surface area (Å²) < 4.78 is 22.2. The zero-order valence-corrected chi connectivity index (χ0v) is 18.0. The summed E-state index contributed by atoms with van der Waals surface area (Å²) in [6, 6.07) is 0. The number of phosphoric acid groups is 1. The molecule has 2 aromatic rings. The Morgan fingerprint density at radius 1 is 1.42 bits per heavy atom. The van der Waals surface area contributed by atoms with Gasteiger partial charge in [-0.3, -0.25) is 4.57 Å². The van der Waals surface area contributed by atoms with Crippen LogP contribution in [-0.2, 0) is 13.8 Å². The van der Waals surface area contributed by atoms with Crippen LogP contribution in [0, 0.1) is 0 Å². The molecule has 0 amide bonds. The third kappa shape index (κ3) is 4.76. The zero-order valence-electron chi connectivity index (χ0n) is 13.1. The number of aliphatic hydroxyl groups is 1. The van der Waals surface area contributed by atoms with Crippen LogP contribution in [0.5, 0.6) is 0 Å². The van der Waals surface area contributed by atoms with E-state index in [-0.39, 0.29) is 71.4 Å². The maximum Gasteiger partial charge on any atom is 1.00 e. The molecule has 1 saturated heterocycles. The van der Waals surface area contributed by atoms with Gasteiger partial charge < -0.3 is 34.5 Å². The molecule has 3 N–H and O–H groups in total. The van der Waals surface area contributed by atoms with Gasteiger partial charge in [-0.25, -0.2) is 15.0 Å². The Bertz CT molecular complexity index is 742. The summed E-state index contributed by atoms with van der Waals surface area (Å²) >= 11 is 0. The SMILES string of the molecule is Nc1ncnc2c1ncn2C1CC(OP(=O)([O-])[O-])C(CO)O1.[Na+].[Na+]. The molecule has 0 aliphatic carbocycles. The number of aromatic nitrogens is 4. The van der Waals surface area contributed by atoms with Gasteiger partial charge in [0.05, 0.1) is 26.9 Å². The molecule has 3 atom stereocenters. The molecule has 24 heavy (non-hydrogen) atoms. The fourth-order valence-corrected chi connectivity index (χ4v) is 2.95. The Labute approximate surface area is 180 Å². The van der Waals surface area contributed by atoms with Crippen molar-refractivity contribution in [1.29, 1.82) is 0 Å². The topological polar surface area (TPSA) is 172 Å². The fraction of sp³-hybridized carbons (Fsp3) is 0.500. The van der Waals surface area contributed by atoms with E-state index in [2.05, 4.69) is 19.5 Å². The summed E-state index contributed by atoms with van der Waals surface area (Å²) in [5, 5.41) is 9.24. The van der Waals surface area contributed by atoms with Crippen molar-refractivity contribution in [1.82, 2.24) is 19.5 Å². The van der Waals surface area contributed by atoms with E-state index in [1.165, 1.54) is 17.2 Å². The van der Waals surface area contributed by atoms with Crippen molar-refractivity contribution in [3.63, 3.8) is 0 Å². The first-order chi connectivity index (χ1) is 10.4. The van der Waals surface area contributed by atoms with Crippen LogP contribution in [0.4, 0.5) is 5.82 Å². The Balaban J connectivity index is 0.00000144. The molecular formula is C10H12N5Na2O6P. The van der Waals surface area contributed by atoms with Gasteiger partial charge in [0.25, 0.3) is 0 Å². The van der Waals surface area contributed by atoms with Crippen LogP contribution in [-0.4, -0.2) is 43.4 Å². The van der Waals surface area contributed by atoms with E-state index >= 15 is 0 Å². The number of phosphoric ester groups is 1. The van der Waals surface area contributed by atoms with Crippen molar-refractivity contribution >= 4 is 24.8 Å². The van der Waals surface area contributed by atoms with Crippen molar-refractivity contribution in [2.75, 3.05) is 12.3 Å². The molecule has 0 bridgehead atoms. The average Bonchev–Trinajstić information content (AvgIpc) is 3.01. The van der Waals surface area contributed by atoms with Crippen LogP contribution < -0.4 is 74.6 Å². The van der Waals surface area contributed by atoms with Gasteiger partial charge in [0.15, 0.2) is 11.5 Å². The van der Waals surface area contributed by atoms with Crippen LogP contribution in [0.3, 0.4) is 0 Å². The molecule has 11 nitrogen and oxygen atoms in total. The van der Waals surface area contributed by atoms with Crippen LogP contribution in [0.15, 0.2) is 12.7 Å². The monoisotopic (exact) mass is 375 g/mol. The first-order valence-corrected chi connectivity index (χ1v) is 7.75. The van der Waals surface area contributed by atoms with Crippen LogP contribution in [0.25, 0.3) is 11.2 Å². The van der Waals surface area contributed by atoms with Gasteiger partial charge in [0, 0.05) is 6.42 Å². The van der Waals surface area contributed by atoms with Crippen LogP contribution >= 0.6 is 7.82 Å². The summed E-state index contributed by atoms with van der Waals surface area (Å²) in [5.41, 5.74) is 6.44. The maximum absolute atomic E-state index is 10.8. The first kappa shape index (κ1) is 22.4. The van der Waals surface area contributed by atoms with Crippen molar-refractivity contribution in [2.24, 2.45) is 0 Å². The van der Waals surface area contributed by atoms with Gasteiger partial charge in [-0.2, -0.15) is 0 Å². The quantitative estimate of drug-likeness (QED) is 0.386. The van der Waals surface area contributed by atoms with Gasteiger partial charge in [0.2, 0.25) is 0 Å². The molecule has 14 heteroatoms. The molecule has 1 fully saturated rings. The number of hydrogen-bond donors (Lipinski definition) is 2. The Kier molecular flexibility index (Phi) is 8.27. The zero-order chi connectivity index (χ0) is 15.9. The second-order valence-electron chi connectivity index (χ2n) is 4.72. The minimum Gasteiger partial charge on any atom is -0.790 e. The van der Waals surface area contributed by atoms with E-state index in [1.807, 2.05) is 0 Å². The molecule has 3 heterocycles. The number of hydrogen-bond acceptors (Lipinski definition) is 10. The second-order valence-corrected chi connectivity index (χ2v) is 5.83.